The van der Waals surface area contributed by atoms with E-state index in [0.717, 1.165) is 51.4 Å². The zero-order valence-corrected chi connectivity index (χ0v) is 14.2. The van der Waals surface area contributed by atoms with Crippen LogP contribution >= 0.6 is 0 Å². The van der Waals surface area contributed by atoms with Crippen molar-refractivity contribution in [3.05, 3.63) is 0 Å². The molecule has 118 valence electrons. The Balaban J connectivity index is 4.73. The summed E-state index contributed by atoms with van der Waals surface area (Å²) in [7, 11) is -4.86. The van der Waals surface area contributed by atoms with Crippen LogP contribution in [0.1, 0.15) is 78.1 Å². The van der Waals surface area contributed by atoms with Crippen molar-refractivity contribution in [1.29, 1.82) is 0 Å². The Bertz CT molecular complexity index is 512. The van der Waals surface area contributed by atoms with Gasteiger partial charge in [-0.15, -0.1) is 0 Å². The molecule has 0 unspecified atom stereocenters. The van der Waals surface area contributed by atoms with Crippen LogP contribution in [-0.2, 0) is 20.6 Å². The smallest absolute Gasteiger partial charge is 0.184 e. The van der Waals surface area contributed by atoms with E-state index >= 15 is 0 Å². The standard InChI is InChI=1S/C14H26O4S2/c1-3-5-7-8-10-12-14(20(17)18)13(19(15)16)11-9-6-4-2/h3-12H2,1-2H3. The van der Waals surface area contributed by atoms with Gasteiger partial charge in [0.1, 0.15) is 0 Å². The Hall–Kier alpha value is -0.620. The summed E-state index contributed by atoms with van der Waals surface area (Å²) in [6.07, 6.45) is 8.30. The summed E-state index contributed by atoms with van der Waals surface area (Å²) in [6, 6.07) is 0. The first-order valence-corrected chi connectivity index (χ1v) is 9.60. The molecule has 0 radical (unpaired) electrons. The van der Waals surface area contributed by atoms with Crippen LogP contribution in [0.2, 0.25) is 0 Å². The van der Waals surface area contributed by atoms with E-state index in [1.165, 1.54) is 0 Å². The van der Waals surface area contributed by atoms with Gasteiger partial charge in [-0.2, -0.15) is 16.8 Å². The minimum Gasteiger partial charge on any atom is -0.184 e. The predicted octanol–water partition coefficient (Wildman–Crippen LogP) is 3.03. The Labute approximate surface area is 125 Å². The Morgan fingerprint density at radius 3 is 1.35 bits per heavy atom. The quantitative estimate of drug-likeness (QED) is 0.433. The lowest BCUT2D eigenvalue weighted by molar-refractivity contribution is 0.622. The van der Waals surface area contributed by atoms with Crippen molar-refractivity contribution in [2.45, 2.75) is 78.1 Å². The Morgan fingerprint density at radius 2 is 0.950 bits per heavy atom. The number of hydrogen-bond donors (Lipinski definition) is 0. The molecule has 6 heteroatoms. The number of rotatable bonds is 11. The van der Waals surface area contributed by atoms with Crippen LogP contribution in [-0.4, -0.2) is 26.6 Å². The van der Waals surface area contributed by atoms with Gasteiger partial charge in [0.15, 0.2) is 0 Å². The van der Waals surface area contributed by atoms with E-state index in [2.05, 4.69) is 6.92 Å². The minimum absolute atomic E-state index is 0.0854. The topological polar surface area (TPSA) is 68.3 Å². The van der Waals surface area contributed by atoms with Crippen molar-refractivity contribution in [2.75, 3.05) is 0 Å². The second kappa shape index (κ2) is 12.1. The van der Waals surface area contributed by atoms with Crippen molar-refractivity contribution < 1.29 is 16.8 Å². The average Bonchev–Trinajstić information content (AvgIpc) is 2.39. The fraction of sp³-hybridized carbons (Fsp3) is 0.857. The van der Waals surface area contributed by atoms with E-state index in [0.29, 0.717) is 12.8 Å². The molecule has 0 aliphatic carbocycles. The van der Waals surface area contributed by atoms with E-state index in [9.17, 15) is 16.8 Å². The molecule has 0 atom stereocenters. The minimum atomic E-state index is -2.43. The van der Waals surface area contributed by atoms with Gasteiger partial charge >= 0.3 is 0 Å². The summed E-state index contributed by atoms with van der Waals surface area (Å²) in [5.41, 5.74) is 0. The van der Waals surface area contributed by atoms with Crippen LogP contribution in [0.5, 0.6) is 0 Å². The molecule has 0 aromatic rings. The fourth-order valence-electron chi connectivity index (χ4n) is 2.06. The monoisotopic (exact) mass is 322 g/mol. The van der Waals surface area contributed by atoms with Gasteiger partial charge < -0.3 is 0 Å². The summed E-state index contributed by atoms with van der Waals surface area (Å²) < 4.78 is 45.0. The SMILES string of the molecule is CCCCCCCC(C(CCCCC)=S(=O)=O)=S(=O)=O. The van der Waals surface area contributed by atoms with Crippen molar-refractivity contribution >= 4 is 30.3 Å². The second-order valence-corrected chi connectivity index (χ2v) is 6.86. The molecule has 0 aliphatic heterocycles. The van der Waals surface area contributed by atoms with Crippen molar-refractivity contribution in [1.82, 2.24) is 0 Å². The lowest BCUT2D eigenvalue weighted by Gasteiger charge is -2.04. The maximum Gasteiger partial charge on any atom is 0.218 e. The van der Waals surface area contributed by atoms with Crippen LogP contribution in [0, 0.1) is 0 Å². The highest BCUT2D eigenvalue weighted by atomic mass is 32.2. The predicted molar refractivity (Wildman–Crippen MR) is 85.4 cm³/mol. The number of hydrogen-bond acceptors (Lipinski definition) is 4. The zero-order chi connectivity index (χ0) is 15.4. The van der Waals surface area contributed by atoms with Crippen molar-refractivity contribution in [3.8, 4) is 0 Å². The summed E-state index contributed by atoms with van der Waals surface area (Å²) in [5.74, 6) is 0. The molecule has 0 rings (SSSR count). The molecular weight excluding hydrogens is 296 g/mol. The van der Waals surface area contributed by atoms with Crippen LogP contribution in [0.4, 0.5) is 0 Å². The summed E-state index contributed by atoms with van der Waals surface area (Å²) in [5, 5.41) is 0. The molecule has 0 spiro atoms. The van der Waals surface area contributed by atoms with Gasteiger partial charge in [0.2, 0.25) is 20.6 Å². The molecule has 0 saturated heterocycles. The highest BCUT2D eigenvalue weighted by Gasteiger charge is 2.12. The number of unbranched alkanes of at least 4 members (excludes halogenated alkanes) is 6. The Morgan fingerprint density at radius 1 is 0.600 bits per heavy atom. The van der Waals surface area contributed by atoms with E-state index in [-0.39, 0.29) is 9.73 Å². The molecule has 0 N–H and O–H groups in total. The maximum absolute atomic E-state index is 11.3. The summed E-state index contributed by atoms with van der Waals surface area (Å²) >= 11 is 0. The van der Waals surface area contributed by atoms with Gasteiger partial charge in [0.25, 0.3) is 0 Å². The van der Waals surface area contributed by atoms with Crippen LogP contribution < -0.4 is 0 Å². The fourth-order valence-corrected chi connectivity index (χ4v) is 3.66. The second-order valence-electron chi connectivity index (χ2n) is 4.94. The third-order valence-electron chi connectivity index (χ3n) is 3.23. The highest BCUT2D eigenvalue weighted by Crippen LogP contribution is 2.09. The van der Waals surface area contributed by atoms with Gasteiger partial charge in [-0.1, -0.05) is 52.4 Å². The lowest BCUT2D eigenvalue weighted by atomic mass is 10.0. The van der Waals surface area contributed by atoms with Crippen LogP contribution in [0.25, 0.3) is 0 Å². The molecule has 0 amide bonds. The molecule has 0 bridgehead atoms. The van der Waals surface area contributed by atoms with Crippen LogP contribution in [0.3, 0.4) is 0 Å². The molecule has 0 saturated carbocycles. The van der Waals surface area contributed by atoms with E-state index in [1.54, 1.807) is 0 Å². The third-order valence-corrected chi connectivity index (χ3v) is 5.06. The van der Waals surface area contributed by atoms with Gasteiger partial charge in [-0.3, -0.25) is 0 Å². The molecule has 0 heterocycles. The van der Waals surface area contributed by atoms with E-state index in [1.807, 2.05) is 6.92 Å². The molecule has 0 aromatic heterocycles. The molecule has 4 nitrogen and oxygen atoms in total. The first-order valence-electron chi connectivity index (χ1n) is 7.45. The van der Waals surface area contributed by atoms with E-state index in [4.69, 9.17) is 0 Å². The average molecular weight is 322 g/mol. The highest BCUT2D eigenvalue weighted by molar-refractivity contribution is 7.82. The van der Waals surface area contributed by atoms with Gasteiger partial charge in [0.05, 0.1) is 9.73 Å². The van der Waals surface area contributed by atoms with Crippen molar-refractivity contribution in [3.63, 3.8) is 0 Å². The lowest BCUT2D eigenvalue weighted by Crippen LogP contribution is -2.16. The first kappa shape index (κ1) is 19.4. The molecular formula is C14H26O4S2. The molecule has 0 fully saturated rings. The normalized spacial score (nSPS) is 10.3. The third kappa shape index (κ3) is 8.53. The molecule has 20 heavy (non-hydrogen) atoms. The summed E-state index contributed by atoms with van der Waals surface area (Å²) in [4.78, 5) is 0.174. The van der Waals surface area contributed by atoms with Crippen molar-refractivity contribution in [2.24, 2.45) is 0 Å². The van der Waals surface area contributed by atoms with Crippen LogP contribution in [0.15, 0.2) is 0 Å². The maximum atomic E-state index is 11.3. The van der Waals surface area contributed by atoms with Gasteiger partial charge in [0, 0.05) is 0 Å². The zero-order valence-electron chi connectivity index (χ0n) is 12.5. The molecule has 0 aromatic carbocycles. The van der Waals surface area contributed by atoms with Gasteiger partial charge in [-0.05, 0) is 25.7 Å². The summed E-state index contributed by atoms with van der Waals surface area (Å²) in [6.45, 7) is 4.14. The Kier molecular flexibility index (Phi) is 11.8. The molecule has 0 aliphatic rings. The largest absolute Gasteiger partial charge is 0.218 e. The van der Waals surface area contributed by atoms with E-state index < -0.39 is 20.6 Å². The first-order chi connectivity index (χ1) is 9.54. The van der Waals surface area contributed by atoms with Gasteiger partial charge in [-0.25, -0.2) is 0 Å².